The number of aromatic nitrogens is 1. The molecule has 0 atom stereocenters. The lowest BCUT2D eigenvalue weighted by molar-refractivity contribution is -0.123. The molecule has 0 bridgehead atoms. The zero-order chi connectivity index (χ0) is 14.0. The van der Waals surface area contributed by atoms with Gasteiger partial charge in [-0.25, -0.2) is 4.99 Å². The van der Waals surface area contributed by atoms with Gasteiger partial charge in [0.15, 0.2) is 0 Å². The number of carbonyl (C=O) groups is 1. The second-order valence-corrected chi connectivity index (χ2v) is 5.17. The van der Waals surface area contributed by atoms with Crippen LogP contribution in [0.4, 0.5) is 0 Å². The number of hydrogen-bond donors (Lipinski definition) is 1. The minimum Gasteiger partial charge on any atom is -0.326 e. The second-order valence-electron chi connectivity index (χ2n) is 5.17. The average molecular weight is 257 g/mol. The predicted octanol–water partition coefficient (Wildman–Crippen LogP) is 1.58. The molecule has 0 fully saturated rings. The number of aliphatic imine (C=N–C) groups is 1. The van der Waals surface area contributed by atoms with Crippen LogP contribution in [0.15, 0.2) is 21.9 Å². The lowest BCUT2D eigenvalue weighted by Crippen LogP contribution is -2.24. The van der Waals surface area contributed by atoms with Crippen LogP contribution in [0.1, 0.15) is 37.9 Å². The molecule has 5 nitrogen and oxygen atoms in total. The summed E-state index contributed by atoms with van der Waals surface area (Å²) in [7, 11) is 0. The number of carbonyl (C=O) groups excluding carboxylic acids is 1. The van der Waals surface area contributed by atoms with E-state index in [-0.39, 0.29) is 5.56 Å². The fourth-order valence-electron chi connectivity index (χ4n) is 1.98. The van der Waals surface area contributed by atoms with Gasteiger partial charge in [0.1, 0.15) is 5.41 Å². The summed E-state index contributed by atoms with van der Waals surface area (Å²) in [5.74, 6) is -0.441. The number of rotatable bonds is 1. The number of aromatic amines is 1. The maximum atomic E-state index is 12.0. The number of hydrogen-bond acceptors (Lipinski definition) is 3. The fraction of sp³-hybridized carbons (Fsp3) is 0.429. The molecule has 98 valence electrons. The molecule has 5 heteroatoms. The maximum Gasteiger partial charge on any atom is 0.265 e. The Morgan fingerprint density at radius 2 is 2.16 bits per heavy atom. The molecule has 0 aliphatic heterocycles. The van der Waals surface area contributed by atoms with Crippen LogP contribution in [-0.4, -0.2) is 16.6 Å². The molecule has 0 saturated carbocycles. The molecule has 19 heavy (non-hydrogen) atoms. The molecule has 1 aromatic rings. The second kappa shape index (κ2) is 4.81. The first-order valence-corrected chi connectivity index (χ1v) is 6.20. The van der Waals surface area contributed by atoms with Crippen molar-refractivity contribution in [3.8, 4) is 6.07 Å². The molecule has 1 aliphatic rings. The van der Waals surface area contributed by atoms with Crippen molar-refractivity contribution in [1.82, 2.24) is 4.98 Å². The van der Waals surface area contributed by atoms with Gasteiger partial charge in [0, 0.05) is 17.3 Å². The van der Waals surface area contributed by atoms with E-state index in [1.807, 2.05) is 6.07 Å². The van der Waals surface area contributed by atoms with E-state index >= 15 is 0 Å². The Morgan fingerprint density at radius 1 is 1.42 bits per heavy atom. The number of nitrogens with one attached hydrogen (secondary N) is 1. The maximum absolute atomic E-state index is 12.0. The minimum absolute atomic E-state index is 0.149. The zero-order valence-electron chi connectivity index (χ0n) is 11.0. The third-order valence-corrected chi connectivity index (χ3v) is 3.20. The number of aryl methyl sites for hydroxylation is 1. The first kappa shape index (κ1) is 13.2. The van der Waals surface area contributed by atoms with Gasteiger partial charge >= 0.3 is 0 Å². The molecule has 0 aromatic carbocycles. The Hall–Kier alpha value is -2.22. The third kappa shape index (κ3) is 2.63. The molecular weight excluding hydrogens is 242 g/mol. The van der Waals surface area contributed by atoms with E-state index < -0.39 is 11.3 Å². The third-order valence-electron chi connectivity index (χ3n) is 3.20. The number of pyridine rings is 1. The lowest BCUT2D eigenvalue weighted by Gasteiger charge is -2.18. The fourth-order valence-corrected chi connectivity index (χ4v) is 1.98. The predicted molar refractivity (Wildman–Crippen MR) is 70.9 cm³/mol. The van der Waals surface area contributed by atoms with Gasteiger partial charge in [0.05, 0.1) is 11.8 Å². The number of fused-ring (bicyclic) bond motifs is 1. The molecule has 0 saturated heterocycles. The molecule has 1 N–H and O–H groups in total. The molecule has 0 spiro atoms. The van der Waals surface area contributed by atoms with E-state index in [0.29, 0.717) is 12.1 Å². The Kier molecular flexibility index (Phi) is 3.34. The van der Waals surface area contributed by atoms with Crippen molar-refractivity contribution in [3.63, 3.8) is 0 Å². The molecule has 2 rings (SSSR count). The van der Waals surface area contributed by atoms with Gasteiger partial charge in [-0.3, -0.25) is 9.59 Å². The van der Waals surface area contributed by atoms with E-state index in [4.69, 9.17) is 5.26 Å². The van der Waals surface area contributed by atoms with Crippen molar-refractivity contribution in [2.75, 3.05) is 0 Å². The summed E-state index contributed by atoms with van der Waals surface area (Å²) in [6.07, 6.45) is 2.30. The van der Waals surface area contributed by atoms with E-state index in [9.17, 15) is 9.59 Å². The summed E-state index contributed by atoms with van der Waals surface area (Å²) in [4.78, 5) is 30.1. The zero-order valence-corrected chi connectivity index (χ0v) is 11.0. The van der Waals surface area contributed by atoms with Crippen molar-refractivity contribution in [3.05, 3.63) is 33.7 Å². The van der Waals surface area contributed by atoms with Crippen LogP contribution >= 0.6 is 0 Å². The van der Waals surface area contributed by atoms with Gasteiger partial charge in [-0.1, -0.05) is 0 Å². The summed E-state index contributed by atoms with van der Waals surface area (Å²) < 4.78 is 0. The van der Waals surface area contributed by atoms with Crippen LogP contribution < -0.4 is 5.56 Å². The molecular formula is C14H15N3O2. The van der Waals surface area contributed by atoms with Gasteiger partial charge < -0.3 is 4.98 Å². The molecule has 0 radical (unpaired) electrons. The van der Waals surface area contributed by atoms with Crippen LogP contribution in [0.5, 0.6) is 0 Å². The Labute approximate surface area is 111 Å². The molecule has 0 unspecified atom stereocenters. The average Bonchev–Trinajstić information content (AvgIpc) is 2.38. The highest BCUT2D eigenvalue weighted by atomic mass is 16.1. The van der Waals surface area contributed by atoms with Crippen LogP contribution in [0.2, 0.25) is 0 Å². The van der Waals surface area contributed by atoms with Crippen molar-refractivity contribution in [2.45, 2.75) is 33.1 Å². The number of amides is 1. The van der Waals surface area contributed by atoms with Crippen LogP contribution in [0, 0.1) is 16.7 Å². The van der Waals surface area contributed by atoms with Crippen LogP contribution in [0.25, 0.3) is 0 Å². The number of H-pyrrole nitrogens is 1. The van der Waals surface area contributed by atoms with E-state index in [1.54, 1.807) is 19.9 Å². The first-order valence-electron chi connectivity index (χ1n) is 6.20. The summed E-state index contributed by atoms with van der Waals surface area (Å²) in [6.45, 7) is 3.10. The Bertz CT molecular complexity index is 647. The summed E-state index contributed by atoms with van der Waals surface area (Å²) in [5, 5.41) is 8.94. The van der Waals surface area contributed by atoms with Gasteiger partial charge in [-0.15, -0.1) is 0 Å². The molecule has 1 aliphatic carbocycles. The van der Waals surface area contributed by atoms with Crippen LogP contribution in [0.3, 0.4) is 0 Å². The highest BCUT2D eigenvalue weighted by Crippen LogP contribution is 2.21. The standard InChI is InChI=1S/C14H15N3O2/c1-14(2,8-15)13(19)17-11-5-3-4-10-9(11)6-7-12(18)16-10/h6-7H,3-5H2,1-2H3,(H,16,18). The van der Waals surface area contributed by atoms with Gasteiger partial charge in [0.2, 0.25) is 5.56 Å². The summed E-state index contributed by atoms with van der Waals surface area (Å²) in [5.41, 5.74) is 1.02. The minimum atomic E-state index is -1.12. The van der Waals surface area contributed by atoms with Gasteiger partial charge in [-0.2, -0.15) is 5.26 Å². The van der Waals surface area contributed by atoms with Crippen molar-refractivity contribution >= 4 is 11.6 Å². The quantitative estimate of drug-likeness (QED) is 0.828. The topological polar surface area (TPSA) is 86.1 Å². The van der Waals surface area contributed by atoms with Crippen LogP contribution in [-0.2, 0) is 11.2 Å². The normalized spacial score (nSPS) is 16.8. The first-order chi connectivity index (χ1) is 8.94. The summed E-state index contributed by atoms with van der Waals surface area (Å²) >= 11 is 0. The SMILES string of the molecule is CC(C)(C#N)C(=O)N=C1CCCc2[nH]c(=O)ccc21. The Morgan fingerprint density at radius 3 is 2.84 bits per heavy atom. The van der Waals surface area contributed by atoms with E-state index in [1.165, 1.54) is 6.07 Å². The van der Waals surface area contributed by atoms with Crippen molar-refractivity contribution < 1.29 is 4.79 Å². The largest absolute Gasteiger partial charge is 0.326 e. The van der Waals surface area contributed by atoms with E-state index in [2.05, 4.69) is 9.98 Å². The smallest absolute Gasteiger partial charge is 0.265 e. The molecule has 1 amide bonds. The molecule has 1 aromatic heterocycles. The number of nitriles is 1. The lowest BCUT2D eigenvalue weighted by atomic mass is 9.92. The van der Waals surface area contributed by atoms with Crippen molar-refractivity contribution in [2.24, 2.45) is 10.4 Å². The van der Waals surface area contributed by atoms with Gasteiger partial charge in [-0.05, 0) is 39.2 Å². The summed E-state index contributed by atoms with van der Waals surface area (Å²) in [6, 6.07) is 5.07. The van der Waals surface area contributed by atoms with Gasteiger partial charge in [0.25, 0.3) is 5.91 Å². The number of nitrogens with zero attached hydrogens (tertiary/aromatic N) is 2. The highest BCUT2D eigenvalue weighted by Gasteiger charge is 2.28. The van der Waals surface area contributed by atoms with Crippen molar-refractivity contribution in [1.29, 1.82) is 5.26 Å². The van der Waals surface area contributed by atoms with E-state index in [0.717, 1.165) is 24.1 Å². The molecule has 1 heterocycles. The Balaban J connectivity index is 2.42. The monoisotopic (exact) mass is 257 g/mol. The highest BCUT2D eigenvalue weighted by molar-refractivity contribution is 6.08.